The van der Waals surface area contributed by atoms with Crippen molar-refractivity contribution < 1.29 is 19.0 Å². The first-order chi connectivity index (χ1) is 8.66. The second-order valence-electron chi connectivity index (χ2n) is 3.96. The van der Waals surface area contributed by atoms with E-state index < -0.39 is 0 Å². The monoisotopic (exact) mass is 279 g/mol. The maximum absolute atomic E-state index is 10.9. The average molecular weight is 279 g/mol. The zero-order valence-electron chi connectivity index (χ0n) is 11.6. The second kappa shape index (κ2) is 13.3. The molecule has 108 valence electrons. The Bertz CT molecular complexity index is 203. The molecule has 0 atom stereocenters. The van der Waals surface area contributed by atoms with Gasteiger partial charge in [-0.2, -0.15) is 0 Å². The molecule has 5 nitrogen and oxygen atoms in total. The fourth-order valence-electron chi connectivity index (χ4n) is 1.07. The molecule has 18 heavy (non-hydrogen) atoms. The summed E-state index contributed by atoms with van der Waals surface area (Å²) in [6.45, 7) is 8.00. The minimum atomic E-state index is 0.0379. The Morgan fingerprint density at radius 1 is 1.06 bits per heavy atom. The molecule has 0 amide bonds. The number of hydrogen-bond donors (Lipinski definition) is 1. The Balaban J connectivity index is 3.01. The minimum Gasteiger partial charge on any atom is -0.378 e. The molecule has 0 rings (SSSR count). The topological polar surface area (TPSA) is 56.8 Å². The van der Waals surface area contributed by atoms with Gasteiger partial charge >= 0.3 is 0 Å². The van der Waals surface area contributed by atoms with E-state index in [0.29, 0.717) is 39.1 Å². The number of rotatable bonds is 12. The van der Waals surface area contributed by atoms with Crippen LogP contribution >= 0.6 is 11.8 Å². The highest BCUT2D eigenvalue weighted by Crippen LogP contribution is 1.94. The molecule has 0 saturated heterocycles. The number of carbonyl (C=O) groups is 1. The van der Waals surface area contributed by atoms with Gasteiger partial charge in [0, 0.05) is 12.6 Å². The lowest BCUT2D eigenvalue weighted by Crippen LogP contribution is -2.27. The highest BCUT2D eigenvalue weighted by Gasteiger charge is 1.98. The number of ether oxygens (including phenoxy) is 3. The number of thioether (sulfide) groups is 1. The van der Waals surface area contributed by atoms with Crippen LogP contribution in [0.4, 0.5) is 0 Å². The third kappa shape index (κ3) is 13.9. The van der Waals surface area contributed by atoms with Crippen LogP contribution in [0, 0.1) is 0 Å². The van der Waals surface area contributed by atoms with Gasteiger partial charge in [-0.3, -0.25) is 4.79 Å². The van der Waals surface area contributed by atoms with Crippen molar-refractivity contribution in [3.8, 4) is 0 Å². The highest BCUT2D eigenvalue weighted by molar-refractivity contribution is 8.13. The van der Waals surface area contributed by atoms with Crippen LogP contribution in [-0.2, 0) is 19.0 Å². The fourth-order valence-corrected chi connectivity index (χ4v) is 1.28. The molecule has 0 bridgehead atoms. The van der Waals surface area contributed by atoms with Gasteiger partial charge in [0.1, 0.15) is 6.61 Å². The zero-order valence-corrected chi connectivity index (χ0v) is 12.4. The Kier molecular flexibility index (Phi) is 13.2. The van der Waals surface area contributed by atoms with E-state index in [4.69, 9.17) is 14.2 Å². The summed E-state index contributed by atoms with van der Waals surface area (Å²) in [6.07, 6.45) is 1.74. The van der Waals surface area contributed by atoms with Gasteiger partial charge in [0.05, 0.1) is 33.0 Å². The first-order valence-corrected chi connectivity index (χ1v) is 7.42. The zero-order chi connectivity index (χ0) is 13.6. The third-order valence-electron chi connectivity index (χ3n) is 1.99. The van der Waals surface area contributed by atoms with E-state index >= 15 is 0 Å². The molecule has 0 fully saturated rings. The van der Waals surface area contributed by atoms with Crippen LogP contribution < -0.4 is 5.32 Å². The summed E-state index contributed by atoms with van der Waals surface area (Å²) in [5, 5.41) is 3.30. The molecule has 0 aromatic rings. The van der Waals surface area contributed by atoms with Gasteiger partial charge in [0.2, 0.25) is 5.12 Å². The number of hydrogen-bond acceptors (Lipinski definition) is 6. The van der Waals surface area contributed by atoms with Crippen molar-refractivity contribution >= 4 is 16.9 Å². The normalized spacial score (nSPS) is 11.1. The van der Waals surface area contributed by atoms with Crippen molar-refractivity contribution in [1.82, 2.24) is 5.32 Å². The van der Waals surface area contributed by atoms with Gasteiger partial charge in [0.15, 0.2) is 0 Å². The van der Waals surface area contributed by atoms with Crippen molar-refractivity contribution in [1.29, 1.82) is 0 Å². The summed E-state index contributed by atoms with van der Waals surface area (Å²) in [5.41, 5.74) is 0. The van der Waals surface area contributed by atoms with Gasteiger partial charge in [-0.15, -0.1) is 0 Å². The Hall–Kier alpha value is -0.140. The lowest BCUT2D eigenvalue weighted by molar-refractivity contribution is -0.115. The van der Waals surface area contributed by atoms with Gasteiger partial charge in [-0.25, -0.2) is 0 Å². The van der Waals surface area contributed by atoms with Crippen molar-refractivity contribution in [2.75, 3.05) is 52.4 Å². The van der Waals surface area contributed by atoms with Crippen LogP contribution in [-0.4, -0.2) is 63.6 Å². The van der Waals surface area contributed by atoms with Crippen molar-refractivity contribution in [2.24, 2.45) is 0 Å². The smallest absolute Gasteiger partial charge is 0.214 e. The molecule has 0 aliphatic carbocycles. The quantitative estimate of drug-likeness (QED) is 0.536. The molecule has 0 aromatic heterocycles. The summed E-state index contributed by atoms with van der Waals surface area (Å²) < 4.78 is 15.8. The molecular formula is C12H25NO4S. The molecule has 0 aliphatic heterocycles. The fraction of sp³-hybridized carbons (Fsp3) is 0.917. The lowest BCUT2D eigenvalue weighted by Gasteiger charge is -2.09. The van der Waals surface area contributed by atoms with Crippen LogP contribution in [0.25, 0.3) is 0 Å². The van der Waals surface area contributed by atoms with Crippen LogP contribution in [0.5, 0.6) is 0 Å². The maximum atomic E-state index is 10.9. The largest absolute Gasteiger partial charge is 0.378 e. The van der Waals surface area contributed by atoms with Crippen molar-refractivity contribution in [3.63, 3.8) is 0 Å². The number of nitrogens with one attached hydrogen (secondary N) is 1. The van der Waals surface area contributed by atoms with E-state index in [1.165, 1.54) is 11.8 Å². The predicted molar refractivity (Wildman–Crippen MR) is 74.1 cm³/mol. The Labute approximate surface area is 114 Å². The second-order valence-corrected chi connectivity index (χ2v) is 4.83. The van der Waals surface area contributed by atoms with E-state index in [2.05, 4.69) is 19.2 Å². The molecule has 1 N–H and O–H groups in total. The summed E-state index contributed by atoms with van der Waals surface area (Å²) in [5.74, 6) is 0. The van der Waals surface area contributed by atoms with Gasteiger partial charge < -0.3 is 19.5 Å². The van der Waals surface area contributed by atoms with Crippen molar-refractivity contribution in [2.45, 2.75) is 19.9 Å². The molecule has 0 heterocycles. The average Bonchev–Trinajstić information content (AvgIpc) is 2.35. The Morgan fingerprint density at radius 3 is 2.17 bits per heavy atom. The van der Waals surface area contributed by atoms with Gasteiger partial charge in [0.25, 0.3) is 0 Å². The first-order valence-electron chi connectivity index (χ1n) is 6.20. The van der Waals surface area contributed by atoms with E-state index in [0.717, 1.165) is 6.54 Å². The van der Waals surface area contributed by atoms with E-state index in [-0.39, 0.29) is 11.7 Å². The first kappa shape index (κ1) is 17.9. The summed E-state index contributed by atoms with van der Waals surface area (Å²) in [4.78, 5) is 10.9. The molecule has 0 spiro atoms. The summed E-state index contributed by atoms with van der Waals surface area (Å²) in [7, 11) is 0. The predicted octanol–water partition coefficient (Wildman–Crippen LogP) is 0.924. The summed E-state index contributed by atoms with van der Waals surface area (Å²) >= 11 is 1.18. The number of carbonyl (C=O) groups excluding carboxylic acids is 1. The maximum Gasteiger partial charge on any atom is 0.214 e. The van der Waals surface area contributed by atoms with Crippen molar-refractivity contribution in [3.05, 3.63) is 0 Å². The molecular weight excluding hydrogens is 254 g/mol. The molecule has 0 radical (unpaired) electrons. The van der Waals surface area contributed by atoms with E-state index in [1.54, 1.807) is 6.26 Å². The Morgan fingerprint density at radius 2 is 1.61 bits per heavy atom. The minimum absolute atomic E-state index is 0.0379. The molecule has 6 heteroatoms. The molecule has 0 aromatic carbocycles. The summed E-state index contributed by atoms with van der Waals surface area (Å²) in [6, 6.07) is 0.492. The third-order valence-corrected chi connectivity index (χ3v) is 2.56. The molecule has 0 aliphatic rings. The SMILES string of the molecule is CSC(=O)COCCOCCOCCNC(C)C. The lowest BCUT2D eigenvalue weighted by atomic mass is 10.4. The van der Waals surface area contributed by atoms with Crippen LogP contribution in [0.2, 0.25) is 0 Å². The van der Waals surface area contributed by atoms with E-state index in [9.17, 15) is 4.79 Å². The van der Waals surface area contributed by atoms with Gasteiger partial charge in [-0.1, -0.05) is 25.6 Å². The van der Waals surface area contributed by atoms with Crippen LogP contribution in [0.3, 0.4) is 0 Å². The standard InChI is InChI=1S/C12H25NO4S/c1-11(2)13-4-5-15-6-7-16-8-9-17-10-12(14)18-3/h11,13H,4-10H2,1-3H3. The van der Waals surface area contributed by atoms with Gasteiger partial charge in [-0.05, 0) is 6.26 Å². The van der Waals surface area contributed by atoms with Crippen LogP contribution in [0.15, 0.2) is 0 Å². The highest BCUT2D eigenvalue weighted by atomic mass is 32.2. The van der Waals surface area contributed by atoms with E-state index in [1.807, 2.05) is 0 Å². The van der Waals surface area contributed by atoms with Crippen LogP contribution in [0.1, 0.15) is 13.8 Å². The molecule has 0 unspecified atom stereocenters. The molecule has 0 saturated carbocycles.